The molecular weight excluding hydrogens is 278 g/mol. The third kappa shape index (κ3) is 4.27. The number of fused-ring (bicyclic) bond motifs is 1. The van der Waals surface area contributed by atoms with Crippen molar-refractivity contribution in [3.05, 3.63) is 35.2 Å². The molecule has 0 fully saturated rings. The number of hydrazone groups is 1. The predicted octanol–water partition coefficient (Wildman–Crippen LogP) is 2.35. The zero-order valence-corrected chi connectivity index (χ0v) is 12.2. The number of thiocarbonyl (C=S) groups is 1. The Labute approximate surface area is 121 Å². The van der Waals surface area contributed by atoms with E-state index in [9.17, 15) is 0 Å². The first-order valence-corrected chi connectivity index (χ1v) is 7.06. The molecule has 1 aromatic heterocycles. The normalized spacial score (nSPS) is 11.0. The summed E-state index contributed by atoms with van der Waals surface area (Å²) in [5, 5.41) is 8.81. The fourth-order valence-corrected chi connectivity index (χ4v) is 2.62. The van der Waals surface area contributed by atoms with Gasteiger partial charge in [-0.2, -0.15) is 5.10 Å². The molecule has 0 unspecified atom stereocenters. The molecule has 2 rings (SSSR count). The Hall–Kier alpha value is -1.50. The smallest absolute Gasteiger partial charge is 0.187 e. The lowest BCUT2D eigenvalue weighted by atomic mass is 10.2. The topological polar surface area (TPSA) is 45.6 Å². The zero-order valence-electron chi connectivity index (χ0n) is 10.6. The van der Waals surface area contributed by atoms with Gasteiger partial charge in [0.2, 0.25) is 0 Å². The number of nitrogens with one attached hydrogen (secondary N) is 2. The van der Waals surface area contributed by atoms with Crippen LogP contribution in [0.4, 0.5) is 0 Å². The highest BCUT2D eigenvalue weighted by Gasteiger charge is 1.98. The summed E-state index contributed by atoms with van der Waals surface area (Å²) in [6.07, 6.45) is 1.77. The first-order chi connectivity index (χ1) is 9.29. The van der Waals surface area contributed by atoms with Crippen LogP contribution in [0, 0.1) is 0 Å². The highest BCUT2D eigenvalue weighted by molar-refractivity contribution is 7.80. The van der Waals surface area contributed by atoms with Gasteiger partial charge in [-0.15, -0.1) is 11.3 Å². The fourth-order valence-electron chi connectivity index (χ4n) is 1.53. The summed E-state index contributed by atoms with van der Waals surface area (Å²) in [6.45, 7) is 1.28. The van der Waals surface area contributed by atoms with Crippen molar-refractivity contribution in [3.63, 3.8) is 0 Å². The Morgan fingerprint density at radius 1 is 1.47 bits per heavy atom. The molecule has 0 aliphatic heterocycles. The van der Waals surface area contributed by atoms with Gasteiger partial charge in [-0.1, -0.05) is 18.2 Å². The molecule has 1 heterocycles. The van der Waals surface area contributed by atoms with Gasteiger partial charge < -0.3 is 10.1 Å². The first kappa shape index (κ1) is 13.9. The Kier molecular flexibility index (Phi) is 5.26. The third-order valence-corrected chi connectivity index (χ3v) is 3.68. The Bertz CT molecular complexity index is 547. The number of thiophene rings is 1. The van der Waals surface area contributed by atoms with Gasteiger partial charge in [-0.05, 0) is 29.7 Å². The molecule has 0 aliphatic carbocycles. The summed E-state index contributed by atoms with van der Waals surface area (Å²) >= 11 is 6.76. The molecule has 0 amide bonds. The van der Waals surface area contributed by atoms with Crippen LogP contribution in [0.15, 0.2) is 35.4 Å². The SMILES string of the molecule is COCCNC(=S)N/N=C/c1cc2ccccc2s1. The number of benzene rings is 1. The lowest BCUT2D eigenvalue weighted by Gasteiger charge is -2.04. The second kappa shape index (κ2) is 7.18. The maximum absolute atomic E-state index is 5.06. The number of hydrogen-bond donors (Lipinski definition) is 2. The summed E-state index contributed by atoms with van der Waals surface area (Å²) in [5.41, 5.74) is 2.78. The number of methoxy groups -OCH3 is 1. The van der Waals surface area contributed by atoms with Gasteiger partial charge in [0.25, 0.3) is 0 Å². The van der Waals surface area contributed by atoms with Crippen LogP contribution in [0.2, 0.25) is 0 Å². The minimum atomic E-state index is 0.495. The second-order valence-corrected chi connectivity index (χ2v) is 5.33. The molecule has 2 N–H and O–H groups in total. The average Bonchev–Trinajstić information content (AvgIpc) is 2.81. The van der Waals surface area contributed by atoms with E-state index < -0.39 is 0 Å². The van der Waals surface area contributed by atoms with Gasteiger partial charge in [-0.25, -0.2) is 0 Å². The van der Waals surface area contributed by atoms with Crippen LogP contribution in [0.1, 0.15) is 4.88 Å². The molecule has 1 aromatic carbocycles. The summed E-state index contributed by atoms with van der Waals surface area (Å²) in [7, 11) is 1.65. The van der Waals surface area contributed by atoms with Crippen molar-refractivity contribution >= 4 is 45.0 Å². The van der Waals surface area contributed by atoms with Crippen molar-refractivity contribution in [2.24, 2.45) is 5.10 Å². The molecular formula is C13H15N3OS2. The lowest BCUT2D eigenvalue weighted by Crippen LogP contribution is -2.34. The van der Waals surface area contributed by atoms with Crippen molar-refractivity contribution in [1.82, 2.24) is 10.7 Å². The molecule has 6 heteroatoms. The van der Waals surface area contributed by atoms with Crippen LogP contribution < -0.4 is 10.7 Å². The van der Waals surface area contributed by atoms with Gasteiger partial charge in [0.15, 0.2) is 5.11 Å². The molecule has 0 aliphatic rings. The van der Waals surface area contributed by atoms with Gasteiger partial charge >= 0.3 is 0 Å². The molecule has 0 spiro atoms. The third-order valence-electron chi connectivity index (χ3n) is 2.39. The molecule has 0 atom stereocenters. The standard InChI is InChI=1S/C13H15N3OS2/c1-17-7-6-14-13(18)16-15-9-11-8-10-4-2-3-5-12(10)19-11/h2-5,8-9H,6-7H2,1H3,(H2,14,16,18)/b15-9+. The van der Waals surface area contributed by atoms with E-state index in [4.69, 9.17) is 17.0 Å². The van der Waals surface area contributed by atoms with E-state index in [2.05, 4.69) is 34.0 Å². The minimum Gasteiger partial charge on any atom is -0.383 e. The summed E-state index contributed by atoms with van der Waals surface area (Å²) in [5.74, 6) is 0. The maximum atomic E-state index is 5.06. The number of nitrogens with zero attached hydrogens (tertiary/aromatic N) is 1. The van der Waals surface area contributed by atoms with E-state index in [-0.39, 0.29) is 0 Å². The highest BCUT2D eigenvalue weighted by atomic mass is 32.1. The molecule has 4 nitrogen and oxygen atoms in total. The molecule has 0 saturated carbocycles. The van der Waals surface area contributed by atoms with Gasteiger partial charge in [0.1, 0.15) is 0 Å². The monoisotopic (exact) mass is 293 g/mol. The van der Waals surface area contributed by atoms with Crippen molar-refractivity contribution in [2.75, 3.05) is 20.3 Å². The van der Waals surface area contributed by atoms with Crippen LogP contribution in [0.3, 0.4) is 0 Å². The molecule has 19 heavy (non-hydrogen) atoms. The van der Waals surface area contributed by atoms with Gasteiger partial charge in [0.05, 0.1) is 12.8 Å². The van der Waals surface area contributed by atoms with Crippen LogP contribution in [-0.2, 0) is 4.74 Å². The molecule has 0 radical (unpaired) electrons. The minimum absolute atomic E-state index is 0.495. The number of rotatable bonds is 5. The van der Waals surface area contributed by atoms with E-state index >= 15 is 0 Å². The Balaban J connectivity index is 1.86. The largest absolute Gasteiger partial charge is 0.383 e. The molecule has 100 valence electrons. The van der Waals surface area contributed by atoms with Gasteiger partial charge in [0, 0.05) is 23.2 Å². The van der Waals surface area contributed by atoms with Crippen molar-refractivity contribution < 1.29 is 4.74 Å². The van der Waals surface area contributed by atoms with E-state index in [0.717, 1.165) is 4.88 Å². The zero-order chi connectivity index (χ0) is 13.5. The summed E-state index contributed by atoms with van der Waals surface area (Å²) in [4.78, 5) is 1.09. The number of ether oxygens (including phenoxy) is 1. The Morgan fingerprint density at radius 2 is 2.32 bits per heavy atom. The Morgan fingerprint density at radius 3 is 3.11 bits per heavy atom. The summed E-state index contributed by atoms with van der Waals surface area (Å²) < 4.78 is 6.17. The first-order valence-electron chi connectivity index (χ1n) is 5.84. The molecule has 0 saturated heterocycles. The van der Waals surface area contributed by atoms with Crippen molar-refractivity contribution in [1.29, 1.82) is 0 Å². The van der Waals surface area contributed by atoms with Crippen LogP contribution >= 0.6 is 23.6 Å². The lowest BCUT2D eigenvalue weighted by molar-refractivity contribution is 0.204. The van der Waals surface area contributed by atoms with Crippen molar-refractivity contribution in [3.8, 4) is 0 Å². The second-order valence-electron chi connectivity index (χ2n) is 3.81. The van der Waals surface area contributed by atoms with E-state index in [1.54, 1.807) is 24.7 Å². The molecule has 0 bridgehead atoms. The van der Waals surface area contributed by atoms with E-state index in [1.165, 1.54) is 10.1 Å². The van der Waals surface area contributed by atoms with Crippen LogP contribution in [-0.4, -0.2) is 31.6 Å². The van der Waals surface area contributed by atoms with E-state index in [0.29, 0.717) is 18.3 Å². The molecule has 2 aromatic rings. The number of hydrogen-bond acceptors (Lipinski definition) is 4. The fraction of sp³-hybridized carbons (Fsp3) is 0.231. The highest BCUT2D eigenvalue weighted by Crippen LogP contribution is 2.23. The van der Waals surface area contributed by atoms with E-state index in [1.807, 2.05) is 12.1 Å². The van der Waals surface area contributed by atoms with Crippen LogP contribution in [0.25, 0.3) is 10.1 Å². The maximum Gasteiger partial charge on any atom is 0.187 e. The van der Waals surface area contributed by atoms with Gasteiger partial charge in [-0.3, -0.25) is 5.43 Å². The van der Waals surface area contributed by atoms with Crippen molar-refractivity contribution in [2.45, 2.75) is 0 Å². The predicted molar refractivity (Wildman–Crippen MR) is 85.0 cm³/mol. The quantitative estimate of drug-likeness (QED) is 0.384. The average molecular weight is 293 g/mol. The van der Waals surface area contributed by atoms with Crippen LogP contribution in [0.5, 0.6) is 0 Å². The summed E-state index contributed by atoms with van der Waals surface area (Å²) in [6, 6.07) is 10.4.